The first-order chi connectivity index (χ1) is 24.9. The Morgan fingerprint density at radius 1 is 1.06 bits per heavy atom. The lowest BCUT2D eigenvalue weighted by molar-refractivity contribution is -0.147. The summed E-state index contributed by atoms with van der Waals surface area (Å²) >= 11 is 0. The minimum Gasteiger partial charge on any atom is -0.481 e. The van der Waals surface area contributed by atoms with Crippen molar-refractivity contribution >= 4 is 21.6 Å². The van der Waals surface area contributed by atoms with Crippen LogP contribution in [-0.2, 0) is 27.5 Å². The molecule has 284 valence electrons. The summed E-state index contributed by atoms with van der Waals surface area (Å²) < 4.78 is 84.2. The number of nitrogens with zero attached hydrogens (tertiary/aromatic N) is 7. The Morgan fingerprint density at radius 2 is 1.77 bits per heavy atom. The zero-order chi connectivity index (χ0) is 38.1. The molecular formula is C36H42F3N7O6S. The van der Waals surface area contributed by atoms with Crippen LogP contribution in [0.15, 0.2) is 35.4 Å². The number of halogens is 3. The van der Waals surface area contributed by atoms with Gasteiger partial charge in [-0.05, 0) is 108 Å². The number of likely N-dealkylation sites (tertiary alicyclic amines) is 1. The van der Waals surface area contributed by atoms with Gasteiger partial charge < -0.3 is 14.6 Å². The zero-order valence-corrected chi connectivity index (χ0v) is 31.0. The molecule has 0 aromatic carbocycles. The smallest absolute Gasteiger partial charge is 0.452 e. The number of carbonyl (C=O) groups is 1. The topological polar surface area (TPSA) is 152 Å². The van der Waals surface area contributed by atoms with Crippen molar-refractivity contribution in [1.82, 2.24) is 33.8 Å². The summed E-state index contributed by atoms with van der Waals surface area (Å²) in [6.07, 6.45) is 0.000698. The van der Waals surface area contributed by atoms with Gasteiger partial charge in [0.1, 0.15) is 17.1 Å². The van der Waals surface area contributed by atoms with E-state index in [1.165, 1.54) is 36.5 Å². The first-order valence-electron chi connectivity index (χ1n) is 17.6. The van der Waals surface area contributed by atoms with Crippen molar-refractivity contribution in [1.29, 1.82) is 0 Å². The van der Waals surface area contributed by atoms with Gasteiger partial charge in [0.2, 0.25) is 27.6 Å². The van der Waals surface area contributed by atoms with Gasteiger partial charge in [-0.1, -0.05) is 6.07 Å². The van der Waals surface area contributed by atoms with Crippen molar-refractivity contribution in [3.8, 4) is 11.8 Å². The fourth-order valence-corrected chi connectivity index (χ4v) is 8.89. The predicted octanol–water partition coefficient (Wildman–Crippen LogP) is 5.30. The third-order valence-corrected chi connectivity index (χ3v) is 12.5. The highest BCUT2D eigenvalue weighted by molar-refractivity contribution is 7.89. The summed E-state index contributed by atoms with van der Waals surface area (Å²) in [7, 11) is -4.17. The Morgan fingerprint density at radius 3 is 2.43 bits per heavy atom. The third-order valence-electron chi connectivity index (χ3n) is 10.7. The second-order valence-electron chi connectivity index (χ2n) is 14.9. The van der Waals surface area contributed by atoms with Crippen LogP contribution in [0.3, 0.4) is 0 Å². The van der Waals surface area contributed by atoms with Gasteiger partial charge in [0.05, 0.1) is 24.2 Å². The molecule has 53 heavy (non-hydrogen) atoms. The molecule has 13 nitrogen and oxygen atoms in total. The normalized spacial score (nSPS) is 19.2. The molecule has 0 amide bonds. The van der Waals surface area contributed by atoms with Gasteiger partial charge in [-0.15, -0.1) is 10.2 Å². The molecule has 3 aliphatic rings. The Hall–Kier alpha value is -4.35. The molecule has 1 saturated carbocycles. The Labute approximate surface area is 305 Å². The maximum atomic E-state index is 14.4. The molecule has 6 heterocycles. The summed E-state index contributed by atoms with van der Waals surface area (Å²) in [4.78, 5) is 24.5. The van der Waals surface area contributed by atoms with Crippen LogP contribution in [0.5, 0.6) is 11.8 Å². The number of carboxylic acid groups (broad SMARTS) is 1. The summed E-state index contributed by atoms with van der Waals surface area (Å²) in [5.41, 5.74) is 0.280. The number of fused-ring (bicyclic) bond motifs is 2. The highest BCUT2D eigenvalue weighted by Crippen LogP contribution is 2.47. The van der Waals surface area contributed by atoms with Crippen molar-refractivity contribution in [3.63, 3.8) is 0 Å². The van der Waals surface area contributed by atoms with Gasteiger partial charge in [-0.25, -0.2) is 8.42 Å². The molecule has 4 aromatic rings. The lowest BCUT2D eigenvalue weighted by Gasteiger charge is -2.32. The SMILES string of the molecule is Cc1ccc([C@H](c2ccn3c(C(F)(F)F)nnc3c2C)C(C)(C)C(=O)O)nc1CN1CC2(CC2)Oc2nc(OCCN3CCCC3)c(C)cc2S1(=O)=O. The Bertz CT molecular complexity index is 2200. The molecule has 1 saturated heterocycles. The van der Waals surface area contributed by atoms with E-state index in [-0.39, 0.29) is 29.5 Å². The van der Waals surface area contributed by atoms with Gasteiger partial charge in [0, 0.05) is 29.9 Å². The first-order valence-corrected chi connectivity index (χ1v) is 19.0. The number of ether oxygens (including phenoxy) is 2. The quantitative estimate of drug-likeness (QED) is 0.225. The van der Waals surface area contributed by atoms with E-state index in [1.54, 1.807) is 32.9 Å². The van der Waals surface area contributed by atoms with Gasteiger partial charge in [0.25, 0.3) is 0 Å². The van der Waals surface area contributed by atoms with E-state index in [2.05, 4.69) is 20.1 Å². The maximum absolute atomic E-state index is 14.4. The van der Waals surface area contributed by atoms with E-state index >= 15 is 0 Å². The Kier molecular flexibility index (Phi) is 9.21. The Balaban J connectivity index is 1.24. The van der Waals surface area contributed by atoms with Crippen molar-refractivity contribution in [3.05, 3.63) is 69.9 Å². The molecule has 0 bridgehead atoms. The third kappa shape index (κ3) is 6.82. The molecule has 1 atom stereocenters. The fraction of sp³-hybridized carbons (Fsp3) is 0.528. The molecule has 4 aromatic heterocycles. The van der Waals surface area contributed by atoms with Crippen molar-refractivity contribution in [2.24, 2.45) is 5.41 Å². The van der Waals surface area contributed by atoms with Crippen molar-refractivity contribution in [2.45, 2.75) is 89.4 Å². The van der Waals surface area contributed by atoms with E-state index in [4.69, 9.17) is 14.5 Å². The summed E-state index contributed by atoms with van der Waals surface area (Å²) in [6.45, 7) is 11.3. The predicted molar refractivity (Wildman–Crippen MR) is 185 cm³/mol. The van der Waals surface area contributed by atoms with Crippen LogP contribution in [0.25, 0.3) is 5.65 Å². The number of hydrogen-bond donors (Lipinski definition) is 1. The highest BCUT2D eigenvalue weighted by Gasteiger charge is 2.53. The van der Waals surface area contributed by atoms with Crippen LogP contribution in [0, 0.1) is 26.2 Å². The van der Waals surface area contributed by atoms with Crippen molar-refractivity contribution in [2.75, 3.05) is 32.8 Å². The largest absolute Gasteiger partial charge is 0.481 e. The number of aliphatic carboxylic acids is 1. The standard InChI is InChI=1S/C36H42F3N7O6S/c1-21-8-9-25(28(34(4,5)33(47)48)24-10-15-46-29(23(24)3)42-43-32(46)36(37,38)39)40-26(21)19-45-20-35(11-12-35)52-31-27(53(45,49)50)18-22(2)30(41-31)51-17-16-44-13-6-7-14-44/h8-10,15,18,28H,6-7,11-14,16-17,19-20H2,1-5H3,(H,47,48)/t28-/m0/s1. The minimum atomic E-state index is -4.75. The number of sulfonamides is 1. The lowest BCUT2D eigenvalue weighted by Crippen LogP contribution is -2.38. The number of pyridine rings is 3. The van der Waals surface area contributed by atoms with Crippen LogP contribution >= 0.6 is 0 Å². The van der Waals surface area contributed by atoms with Gasteiger partial charge in [0.15, 0.2) is 5.65 Å². The van der Waals surface area contributed by atoms with Crippen molar-refractivity contribution < 1.29 is 41.0 Å². The van der Waals surface area contributed by atoms with Crippen LogP contribution in [0.2, 0.25) is 0 Å². The lowest BCUT2D eigenvalue weighted by atomic mass is 9.72. The molecule has 2 aliphatic heterocycles. The van der Waals surface area contributed by atoms with E-state index in [1.807, 2.05) is 0 Å². The molecule has 17 heteroatoms. The second-order valence-corrected chi connectivity index (χ2v) is 16.8. The molecule has 0 unspecified atom stereocenters. The molecule has 7 rings (SSSR count). The maximum Gasteiger partial charge on any atom is 0.452 e. The number of carboxylic acids is 1. The van der Waals surface area contributed by atoms with Crippen LogP contribution in [0.1, 0.15) is 84.9 Å². The van der Waals surface area contributed by atoms with E-state index in [9.17, 15) is 31.5 Å². The molecule has 2 fully saturated rings. The second kappa shape index (κ2) is 13.2. The highest BCUT2D eigenvalue weighted by atomic mass is 32.2. The van der Waals surface area contributed by atoms with E-state index in [0.717, 1.165) is 36.9 Å². The average molecular weight is 758 g/mol. The number of alkyl halides is 3. The zero-order valence-electron chi connectivity index (χ0n) is 30.2. The summed E-state index contributed by atoms with van der Waals surface area (Å²) in [5.74, 6) is -3.00. The van der Waals surface area contributed by atoms with E-state index < -0.39 is 44.9 Å². The molecule has 0 radical (unpaired) electrons. The number of hydrogen-bond acceptors (Lipinski definition) is 10. The minimum absolute atomic E-state index is 0.00139. The first kappa shape index (κ1) is 37.0. The van der Waals surface area contributed by atoms with E-state index in [0.29, 0.717) is 59.0 Å². The molecule has 1 N–H and O–H groups in total. The number of aromatic nitrogens is 5. The monoisotopic (exact) mass is 757 g/mol. The fourth-order valence-electron chi connectivity index (χ4n) is 7.28. The number of aryl methyl sites for hydroxylation is 3. The molecule has 1 spiro atoms. The number of rotatable bonds is 10. The summed E-state index contributed by atoms with van der Waals surface area (Å²) in [6, 6.07) is 6.38. The van der Waals surface area contributed by atoms with Crippen LogP contribution in [-0.4, -0.2) is 91.7 Å². The molecular weight excluding hydrogens is 716 g/mol. The summed E-state index contributed by atoms with van der Waals surface area (Å²) in [5, 5.41) is 17.5. The van der Waals surface area contributed by atoms with Crippen LogP contribution < -0.4 is 9.47 Å². The van der Waals surface area contributed by atoms with Gasteiger partial charge >= 0.3 is 12.1 Å². The van der Waals surface area contributed by atoms with Crippen LogP contribution in [0.4, 0.5) is 13.2 Å². The molecule has 1 aliphatic carbocycles. The average Bonchev–Trinajstić information content (AvgIpc) is 3.43. The van der Waals surface area contributed by atoms with Gasteiger partial charge in [-0.3, -0.25) is 19.1 Å². The van der Waals surface area contributed by atoms with Gasteiger partial charge in [-0.2, -0.15) is 22.5 Å².